The molecule has 2 fully saturated rings. The highest BCUT2D eigenvalue weighted by Gasteiger charge is 2.51. The minimum Gasteiger partial charge on any atom is -0.377 e. The van der Waals surface area contributed by atoms with Gasteiger partial charge in [0.05, 0.1) is 12.1 Å². The van der Waals surface area contributed by atoms with E-state index in [1.54, 1.807) is 0 Å². The maximum Gasteiger partial charge on any atom is 0.0760 e. The Bertz CT molecular complexity index is 253. The Morgan fingerprint density at radius 1 is 1.17 bits per heavy atom. The summed E-state index contributed by atoms with van der Waals surface area (Å²) in [5, 5.41) is 0. The molecule has 0 aromatic rings. The third-order valence-corrected chi connectivity index (χ3v) is 4.76. The summed E-state index contributed by atoms with van der Waals surface area (Å²) in [4.78, 5) is 2.58. The zero-order valence-electron chi connectivity index (χ0n) is 12.3. The molecule has 0 bridgehead atoms. The Labute approximate surface area is 112 Å². The number of hydrogen-bond donors (Lipinski definition) is 1. The van der Waals surface area contributed by atoms with Crippen LogP contribution in [0, 0.1) is 5.41 Å². The van der Waals surface area contributed by atoms with Crippen LogP contribution in [0.25, 0.3) is 0 Å². The number of nitrogens with two attached hydrogens (primary N) is 1. The Balaban J connectivity index is 1.86. The zero-order chi connectivity index (χ0) is 13.2. The van der Waals surface area contributed by atoms with E-state index in [9.17, 15) is 0 Å². The molecule has 1 heterocycles. The van der Waals surface area contributed by atoms with Crippen LogP contribution in [0.15, 0.2) is 0 Å². The molecule has 1 saturated heterocycles. The van der Waals surface area contributed by atoms with Gasteiger partial charge in [0.2, 0.25) is 0 Å². The van der Waals surface area contributed by atoms with Crippen molar-refractivity contribution in [2.75, 3.05) is 19.7 Å². The number of ether oxygens (including phenoxy) is 1. The van der Waals surface area contributed by atoms with Crippen molar-refractivity contribution in [2.24, 2.45) is 11.1 Å². The molecule has 2 aliphatic rings. The molecule has 2 rings (SSSR count). The molecule has 0 aromatic carbocycles. The average Bonchev–Trinajstić information content (AvgIpc) is 2.27. The van der Waals surface area contributed by atoms with Crippen LogP contribution < -0.4 is 5.73 Å². The molecule has 2 N–H and O–H groups in total. The summed E-state index contributed by atoms with van der Waals surface area (Å²) in [6, 6.07) is 0.828. The number of hydrogen-bond acceptors (Lipinski definition) is 3. The van der Waals surface area contributed by atoms with Gasteiger partial charge < -0.3 is 10.5 Å². The van der Waals surface area contributed by atoms with Crippen molar-refractivity contribution in [2.45, 2.75) is 71.1 Å². The third kappa shape index (κ3) is 2.59. The van der Waals surface area contributed by atoms with Crippen molar-refractivity contribution in [3.8, 4) is 0 Å². The molecule has 1 aliphatic heterocycles. The van der Waals surface area contributed by atoms with Gasteiger partial charge in [0.25, 0.3) is 0 Å². The minimum absolute atomic E-state index is 0.336. The summed E-state index contributed by atoms with van der Waals surface area (Å²) in [7, 11) is 0. The molecule has 1 aliphatic carbocycles. The van der Waals surface area contributed by atoms with Crippen LogP contribution in [0.1, 0.15) is 52.9 Å². The summed E-state index contributed by atoms with van der Waals surface area (Å²) in [6.45, 7) is 10.00. The molecule has 18 heavy (non-hydrogen) atoms. The lowest BCUT2D eigenvalue weighted by molar-refractivity contribution is -0.140. The van der Waals surface area contributed by atoms with E-state index in [0.717, 1.165) is 13.0 Å². The fourth-order valence-electron chi connectivity index (χ4n) is 4.04. The highest BCUT2D eigenvalue weighted by atomic mass is 16.5. The van der Waals surface area contributed by atoms with Gasteiger partial charge in [0, 0.05) is 25.7 Å². The van der Waals surface area contributed by atoms with E-state index in [1.807, 2.05) is 0 Å². The first kappa shape index (κ1) is 14.3. The fourth-order valence-corrected chi connectivity index (χ4v) is 4.04. The molecule has 3 unspecified atom stereocenters. The Morgan fingerprint density at radius 3 is 2.22 bits per heavy atom. The van der Waals surface area contributed by atoms with Crippen LogP contribution in [-0.4, -0.2) is 42.8 Å². The van der Waals surface area contributed by atoms with Crippen LogP contribution in [0.4, 0.5) is 0 Å². The predicted molar refractivity (Wildman–Crippen MR) is 75.6 cm³/mol. The molecule has 3 atom stereocenters. The molecule has 3 nitrogen and oxygen atoms in total. The first-order valence-corrected chi connectivity index (χ1v) is 7.77. The van der Waals surface area contributed by atoms with Crippen LogP contribution in [-0.2, 0) is 4.74 Å². The van der Waals surface area contributed by atoms with Crippen molar-refractivity contribution in [1.29, 1.82) is 0 Å². The first-order valence-electron chi connectivity index (χ1n) is 7.77. The van der Waals surface area contributed by atoms with E-state index in [-0.39, 0.29) is 0 Å². The molecule has 3 heteroatoms. The summed E-state index contributed by atoms with van der Waals surface area (Å²) in [6.07, 6.45) is 6.80. The van der Waals surface area contributed by atoms with E-state index in [0.29, 0.717) is 23.6 Å². The van der Waals surface area contributed by atoms with Crippen molar-refractivity contribution < 1.29 is 4.74 Å². The standard InChI is InChI=1S/C15H30N2O/c1-4-7-15(8-5-2)10-17(11-15)14-12(16)9-13(14)18-6-3/h12-14H,4-11,16H2,1-3H3. The maximum atomic E-state index is 6.17. The normalized spacial score (nSPS) is 35.0. The van der Waals surface area contributed by atoms with Crippen LogP contribution in [0.5, 0.6) is 0 Å². The smallest absolute Gasteiger partial charge is 0.0760 e. The summed E-state index contributed by atoms with van der Waals surface area (Å²) in [5.74, 6) is 0. The molecule has 1 saturated carbocycles. The second kappa shape index (κ2) is 5.89. The van der Waals surface area contributed by atoms with E-state index < -0.39 is 0 Å². The highest BCUT2D eigenvalue weighted by Crippen LogP contribution is 2.44. The zero-order valence-corrected chi connectivity index (χ0v) is 12.3. The summed E-state index contributed by atoms with van der Waals surface area (Å²) >= 11 is 0. The van der Waals surface area contributed by atoms with E-state index in [1.165, 1.54) is 38.8 Å². The Hall–Kier alpha value is -0.120. The third-order valence-electron chi connectivity index (χ3n) is 4.76. The Morgan fingerprint density at radius 2 is 1.78 bits per heavy atom. The van der Waals surface area contributed by atoms with Crippen molar-refractivity contribution in [3.05, 3.63) is 0 Å². The van der Waals surface area contributed by atoms with Gasteiger partial charge in [-0.1, -0.05) is 26.7 Å². The topological polar surface area (TPSA) is 38.5 Å². The molecule has 0 aromatic heterocycles. The van der Waals surface area contributed by atoms with Crippen molar-refractivity contribution >= 4 is 0 Å². The van der Waals surface area contributed by atoms with Crippen molar-refractivity contribution in [3.63, 3.8) is 0 Å². The molecule has 0 radical (unpaired) electrons. The second-order valence-corrected chi connectivity index (χ2v) is 6.29. The molecule has 0 spiro atoms. The molecule has 0 amide bonds. The largest absolute Gasteiger partial charge is 0.377 e. The van der Waals surface area contributed by atoms with Gasteiger partial charge in [-0.15, -0.1) is 0 Å². The minimum atomic E-state index is 0.336. The van der Waals surface area contributed by atoms with Gasteiger partial charge in [0.15, 0.2) is 0 Å². The quantitative estimate of drug-likeness (QED) is 0.758. The maximum absolute atomic E-state index is 6.17. The van der Waals surface area contributed by atoms with Gasteiger partial charge in [-0.25, -0.2) is 0 Å². The number of rotatable bonds is 7. The summed E-state index contributed by atoms with van der Waals surface area (Å²) < 4.78 is 5.78. The van der Waals surface area contributed by atoms with Gasteiger partial charge >= 0.3 is 0 Å². The van der Waals surface area contributed by atoms with Gasteiger partial charge in [-0.3, -0.25) is 4.90 Å². The summed E-state index contributed by atoms with van der Waals surface area (Å²) in [5.41, 5.74) is 6.76. The average molecular weight is 254 g/mol. The second-order valence-electron chi connectivity index (χ2n) is 6.29. The number of nitrogens with zero attached hydrogens (tertiary/aromatic N) is 1. The van der Waals surface area contributed by atoms with Crippen LogP contribution in [0.2, 0.25) is 0 Å². The number of likely N-dealkylation sites (tertiary alicyclic amines) is 1. The van der Waals surface area contributed by atoms with Gasteiger partial charge in [-0.05, 0) is 31.6 Å². The van der Waals surface area contributed by atoms with E-state index >= 15 is 0 Å². The predicted octanol–water partition coefficient (Wildman–Crippen LogP) is 2.39. The molecular formula is C15H30N2O. The molecular weight excluding hydrogens is 224 g/mol. The van der Waals surface area contributed by atoms with Crippen LogP contribution >= 0.6 is 0 Å². The fraction of sp³-hybridized carbons (Fsp3) is 1.00. The van der Waals surface area contributed by atoms with E-state index in [4.69, 9.17) is 10.5 Å². The SMILES string of the molecule is CCCC1(CCC)CN(C2C(N)CC2OCC)C1. The van der Waals surface area contributed by atoms with Crippen molar-refractivity contribution in [1.82, 2.24) is 4.90 Å². The lowest BCUT2D eigenvalue weighted by Gasteiger charge is -2.59. The lowest BCUT2D eigenvalue weighted by atomic mass is 9.69. The first-order chi connectivity index (χ1) is 8.65. The molecule has 106 valence electrons. The van der Waals surface area contributed by atoms with E-state index in [2.05, 4.69) is 25.7 Å². The lowest BCUT2D eigenvalue weighted by Crippen LogP contribution is -2.72. The monoisotopic (exact) mass is 254 g/mol. The van der Waals surface area contributed by atoms with Crippen LogP contribution in [0.3, 0.4) is 0 Å². The van der Waals surface area contributed by atoms with Gasteiger partial charge in [0.1, 0.15) is 0 Å². The highest BCUT2D eigenvalue weighted by molar-refractivity contribution is 5.07. The Kier molecular flexibility index (Phi) is 4.68. The van der Waals surface area contributed by atoms with Gasteiger partial charge in [-0.2, -0.15) is 0 Å².